The number of amides is 1. The van der Waals surface area contributed by atoms with Gasteiger partial charge in [0.05, 0.1) is 12.2 Å². The van der Waals surface area contributed by atoms with E-state index in [0.29, 0.717) is 19.0 Å². The van der Waals surface area contributed by atoms with Crippen molar-refractivity contribution in [2.45, 2.75) is 54.0 Å². The molecule has 0 aromatic carbocycles. The molecule has 0 spiro atoms. The number of nitrogens with one attached hydrogen (secondary N) is 2. The Morgan fingerprint density at radius 1 is 1.33 bits per heavy atom. The molecule has 0 atom stereocenters. The van der Waals surface area contributed by atoms with Gasteiger partial charge in [-0.1, -0.05) is 34.6 Å². The molecule has 0 aliphatic carbocycles. The molecule has 1 aromatic heterocycles. The van der Waals surface area contributed by atoms with Gasteiger partial charge in [0, 0.05) is 50.9 Å². The van der Waals surface area contributed by atoms with Crippen molar-refractivity contribution in [2.75, 3.05) is 26.7 Å². The summed E-state index contributed by atoms with van der Waals surface area (Å²) < 4.78 is 1.87. The van der Waals surface area contributed by atoms with Crippen LogP contribution in [0.3, 0.4) is 0 Å². The Morgan fingerprint density at radius 2 is 1.96 bits per heavy atom. The van der Waals surface area contributed by atoms with Crippen LogP contribution in [0.5, 0.6) is 0 Å². The lowest BCUT2D eigenvalue weighted by molar-refractivity contribution is -0.128. The molecule has 27 heavy (non-hydrogen) atoms. The van der Waals surface area contributed by atoms with E-state index >= 15 is 0 Å². The normalized spacial score (nSPS) is 12.0. The molecule has 0 bridgehead atoms. The Balaban J connectivity index is 0.00000676. The number of rotatable bonds is 7. The minimum absolute atomic E-state index is 0. The van der Waals surface area contributed by atoms with Gasteiger partial charge in [0.15, 0.2) is 5.96 Å². The quantitative estimate of drug-likeness (QED) is 0.266. The van der Waals surface area contributed by atoms with Crippen molar-refractivity contribution in [1.29, 1.82) is 0 Å². The molecule has 0 fully saturated rings. The van der Waals surface area contributed by atoms with Crippen LogP contribution in [0.1, 0.15) is 58.7 Å². The molecular weight excluding hydrogens is 455 g/mol. The summed E-state index contributed by atoms with van der Waals surface area (Å²) >= 11 is 0. The SMILES string of the molecule is CCNC(=NCCNC(=O)C(C)(C)C)N(C)Cc1cn(C)nc1C(C)C.I. The number of guanidine groups is 1. The highest BCUT2D eigenvalue weighted by Crippen LogP contribution is 2.18. The van der Waals surface area contributed by atoms with Gasteiger partial charge >= 0.3 is 0 Å². The molecule has 1 heterocycles. The predicted molar refractivity (Wildman–Crippen MR) is 123 cm³/mol. The van der Waals surface area contributed by atoms with Gasteiger partial charge in [0.1, 0.15) is 0 Å². The number of hydrogen-bond acceptors (Lipinski definition) is 3. The fraction of sp³-hybridized carbons (Fsp3) is 0.737. The Labute approximate surface area is 181 Å². The van der Waals surface area contributed by atoms with Gasteiger partial charge < -0.3 is 15.5 Å². The Kier molecular flexibility index (Phi) is 10.9. The van der Waals surface area contributed by atoms with Crippen molar-refractivity contribution in [3.05, 3.63) is 17.5 Å². The summed E-state index contributed by atoms with van der Waals surface area (Å²) in [6.45, 7) is 14.7. The van der Waals surface area contributed by atoms with Gasteiger partial charge in [-0.2, -0.15) is 5.10 Å². The van der Waals surface area contributed by atoms with Crippen LogP contribution in [-0.2, 0) is 18.4 Å². The van der Waals surface area contributed by atoms with Crippen molar-refractivity contribution >= 4 is 35.8 Å². The second-order valence-electron chi connectivity index (χ2n) is 7.97. The first-order valence-electron chi connectivity index (χ1n) is 9.36. The average molecular weight is 492 g/mol. The van der Waals surface area contributed by atoms with E-state index in [1.54, 1.807) is 0 Å². The number of halogens is 1. The van der Waals surface area contributed by atoms with Gasteiger partial charge in [0.25, 0.3) is 0 Å². The number of aromatic nitrogens is 2. The summed E-state index contributed by atoms with van der Waals surface area (Å²) in [4.78, 5) is 18.6. The Hall–Kier alpha value is -1.32. The van der Waals surface area contributed by atoms with E-state index in [9.17, 15) is 4.79 Å². The average Bonchev–Trinajstić information content (AvgIpc) is 2.89. The largest absolute Gasteiger partial charge is 0.357 e. The van der Waals surface area contributed by atoms with Crippen LogP contribution >= 0.6 is 24.0 Å². The van der Waals surface area contributed by atoms with Crippen LogP contribution in [0.2, 0.25) is 0 Å². The zero-order chi connectivity index (χ0) is 19.9. The molecule has 1 aromatic rings. The summed E-state index contributed by atoms with van der Waals surface area (Å²) in [7, 11) is 3.97. The van der Waals surface area contributed by atoms with Crippen LogP contribution < -0.4 is 10.6 Å². The highest BCUT2D eigenvalue weighted by atomic mass is 127. The lowest BCUT2D eigenvalue weighted by Crippen LogP contribution is -2.40. The number of aryl methyl sites for hydroxylation is 1. The lowest BCUT2D eigenvalue weighted by atomic mass is 9.96. The highest BCUT2D eigenvalue weighted by molar-refractivity contribution is 14.0. The zero-order valence-corrected chi connectivity index (χ0v) is 20.4. The first-order chi connectivity index (χ1) is 12.1. The molecule has 0 radical (unpaired) electrons. The maximum Gasteiger partial charge on any atom is 0.225 e. The molecule has 0 aliphatic rings. The first kappa shape index (κ1) is 25.7. The fourth-order valence-electron chi connectivity index (χ4n) is 2.56. The number of carbonyl (C=O) groups excluding carboxylic acids is 1. The summed E-state index contributed by atoms with van der Waals surface area (Å²) in [6, 6.07) is 0. The maximum atomic E-state index is 11.9. The Bertz CT molecular complexity index is 618. The molecule has 8 heteroatoms. The van der Waals surface area contributed by atoms with Crippen molar-refractivity contribution in [1.82, 2.24) is 25.3 Å². The van der Waals surface area contributed by atoms with Crippen molar-refractivity contribution in [2.24, 2.45) is 17.5 Å². The van der Waals surface area contributed by atoms with Gasteiger partial charge in [-0.3, -0.25) is 14.5 Å². The van der Waals surface area contributed by atoms with Crippen molar-refractivity contribution in [3.8, 4) is 0 Å². The number of nitrogens with zero attached hydrogens (tertiary/aromatic N) is 4. The van der Waals surface area contributed by atoms with E-state index in [4.69, 9.17) is 0 Å². The predicted octanol–water partition coefficient (Wildman–Crippen LogP) is 2.72. The monoisotopic (exact) mass is 492 g/mol. The molecule has 1 rings (SSSR count). The molecule has 7 nitrogen and oxygen atoms in total. The van der Waals surface area contributed by atoms with Gasteiger partial charge in [-0.25, -0.2) is 0 Å². The second-order valence-corrected chi connectivity index (χ2v) is 7.97. The van der Waals surface area contributed by atoms with Crippen molar-refractivity contribution < 1.29 is 4.79 Å². The lowest BCUT2D eigenvalue weighted by Gasteiger charge is -2.22. The summed E-state index contributed by atoms with van der Waals surface area (Å²) in [6.07, 6.45) is 2.07. The van der Waals surface area contributed by atoms with Crippen LogP contribution in [0.25, 0.3) is 0 Å². The van der Waals surface area contributed by atoms with E-state index in [2.05, 4.69) is 45.7 Å². The maximum absolute atomic E-state index is 11.9. The van der Waals surface area contributed by atoms with Crippen LogP contribution in [0, 0.1) is 5.41 Å². The highest BCUT2D eigenvalue weighted by Gasteiger charge is 2.20. The van der Waals surface area contributed by atoms with Crippen LogP contribution in [0.4, 0.5) is 0 Å². The first-order valence-corrected chi connectivity index (χ1v) is 9.36. The molecule has 156 valence electrons. The zero-order valence-electron chi connectivity index (χ0n) is 18.1. The van der Waals surface area contributed by atoms with E-state index in [1.807, 2.05) is 46.5 Å². The third kappa shape index (κ3) is 8.49. The molecule has 0 saturated heterocycles. The minimum Gasteiger partial charge on any atom is -0.357 e. The van der Waals surface area contributed by atoms with Crippen LogP contribution in [0.15, 0.2) is 11.2 Å². The topological polar surface area (TPSA) is 74.6 Å². The summed E-state index contributed by atoms with van der Waals surface area (Å²) in [5, 5.41) is 10.8. The summed E-state index contributed by atoms with van der Waals surface area (Å²) in [5.41, 5.74) is 1.95. The minimum atomic E-state index is -0.376. The molecule has 2 N–H and O–H groups in total. The van der Waals surface area contributed by atoms with E-state index in [1.165, 1.54) is 5.56 Å². The third-order valence-electron chi connectivity index (χ3n) is 3.93. The smallest absolute Gasteiger partial charge is 0.225 e. The molecule has 0 aliphatic heterocycles. The van der Waals surface area contributed by atoms with Gasteiger partial charge in [0.2, 0.25) is 5.91 Å². The van der Waals surface area contributed by atoms with Crippen molar-refractivity contribution in [3.63, 3.8) is 0 Å². The summed E-state index contributed by atoms with van der Waals surface area (Å²) in [5.74, 6) is 1.26. The number of carbonyl (C=O) groups is 1. The molecule has 0 unspecified atom stereocenters. The molecule has 1 amide bonds. The van der Waals surface area contributed by atoms with E-state index < -0.39 is 0 Å². The standard InChI is InChI=1S/C19H36N6O.HI/c1-9-20-18(22-11-10-21-17(26)19(4,5)6)24(7)12-15-13-25(8)23-16(15)14(2)3;/h13-14H,9-12H2,1-8H3,(H,20,22)(H,21,26);1H. The second kappa shape index (κ2) is 11.5. The fourth-order valence-corrected chi connectivity index (χ4v) is 2.56. The van der Waals surface area contributed by atoms with E-state index in [-0.39, 0.29) is 35.3 Å². The van der Waals surface area contributed by atoms with Crippen LogP contribution in [-0.4, -0.2) is 53.2 Å². The molecular formula is C19H37IN6O. The Morgan fingerprint density at radius 3 is 2.48 bits per heavy atom. The van der Waals surface area contributed by atoms with Gasteiger partial charge in [-0.05, 0) is 12.8 Å². The number of hydrogen-bond donors (Lipinski definition) is 2. The third-order valence-corrected chi connectivity index (χ3v) is 3.93. The molecule has 0 saturated carbocycles. The van der Waals surface area contributed by atoms with Gasteiger partial charge in [-0.15, -0.1) is 24.0 Å². The number of aliphatic imine (C=N–C) groups is 1. The van der Waals surface area contributed by atoms with E-state index in [0.717, 1.165) is 24.7 Å².